The molecule has 1 rings (SSSR count). The summed E-state index contributed by atoms with van der Waals surface area (Å²) in [5.41, 5.74) is 0.679. The summed E-state index contributed by atoms with van der Waals surface area (Å²) in [6.45, 7) is 7.27. The first kappa shape index (κ1) is 15.7. The lowest BCUT2D eigenvalue weighted by molar-refractivity contribution is 0.0238. The number of carbonyl (C=O) groups excluding carboxylic acids is 1. The third-order valence-electron chi connectivity index (χ3n) is 2.96. The molecular formula is C13H19NO4S. The lowest BCUT2D eigenvalue weighted by Gasteiger charge is -2.17. The molecule has 1 unspecified atom stereocenters. The Balaban J connectivity index is 3.07. The molecule has 2 N–H and O–H groups in total. The Morgan fingerprint density at radius 2 is 1.84 bits per heavy atom. The van der Waals surface area contributed by atoms with E-state index >= 15 is 0 Å². The number of hydrogen-bond acceptors (Lipinski definition) is 4. The number of nitrogens with two attached hydrogens (primary N) is 1. The molecule has 1 aromatic rings. The van der Waals surface area contributed by atoms with Crippen molar-refractivity contribution in [3.05, 3.63) is 29.3 Å². The fourth-order valence-electron chi connectivity index (χ4n) is 1.41. The lowest BCUT2D eigenvalue weighted by atomic mass is 10.1. The van der Waals surface area contributed by atoms with E-state index in [1.54, 1.807) is 13.8 Å². The third kappa shape index (κ3) is 4.04. The number of rotatable bonds is 4. The molecule has 5 nitrogen and oxygen atoms in total. The molecule has 0 aliphatic carbocycles. The number of esters is 1. The predicted molar refractivity (Wildman–Crippen MR) is 72.3 cm³/mol. The Kier molecular flexibility index (Phi) is 4.70. The summed E-state index contributed by atoms with van der Waals surface area (Å²) in [5.74, 6) is -0.363. The quantitative estimate of drug-likeness (QED) is 0.855. The normalized spacial score (nSPS) is 13.4. The van der Waals surface area contributed by atoms with E-state index < -0.39 is 16.0 Å². The van der Waals surface area contributed by atoms with Crippen molar-refractivity contribution in [3.8, 4) is 0 Å². The van der Waals surface area contributed by atoms with Gasteiger partial charge in [-0.05, 0) is 37.5 Å². The number of sulfonamides is 1. The number of hydrogen-bond donors (Lipinski definition) is 1. The minimum Gasteiger partial charge on any atom is -0.459 e. The second kappa shape index (κ2) is 5.71. The van der Waals surface area contributed by atoms with E-state index in [1.165, 1.54) is 18.2 Å². The Morgan fingerprint density at radius 3 is 2.32 bits per heavy atom. The predicted octanol–water partition coefficient (Wildman–Crippen LogP) is 1.84. The number of ether oxygens (including phenoxy) is 1. The van der Waals surface area contributed by atoms with Crippen LogP contribution in [0.15, 0.2) is 23.1 Å². The van der Waals surface area contributed by atoms with Gasteiger partial charge >= 0.3 is 5.97 Å². The van der Waals surface area contributed by atoms with Crippen molar-refractivity contribution in [3.63, 3.8) is 0 Å². The third-order valence-corrected chi connectivity index (χ3v) is 4.02. The van der Waals surface area contributed by atoms with Gasteiger partial charge in [0, 0.05) is 0 Å². The molecule has 0 radical (unpaired) electrons. The molecule has 0 saturated heterocycles. The van der Waals surface area contributed by atoms with E-state index in [1.807, 2.05) is 13.8 Å². The van der Waals surface area contributed by atoms with Crippen molar-refractivity contribution in [1.82, 2.24) is 0 Å². The average molecular weight is 285 g/mol. The first-order valence-corrected chi connectivity index (χ1v) is 7.52. The van der Waals surface area contributed by atoms with Gasteiger partial charge in [-0.1, -0.05) is 19.9 Å². The van der Waals surface area contributed by atoms with Gasteiger partial charge in [0.15, 0.2) is 0 Å². The summed E-state index contributed by atoms with van der Waals surface area (Å²) in [4.78, 5) is 11.8. The van der Waals surface area contributed by atoms with E-state index in [4.69, 9.17) is 9.88 Å². The standard InChI is InChI=1S/C13H19NO4S/c1-8(2)10(4)18-13(15)11-6-5-9(3)12(7-11)19(14,16)17/h5-8,10H,1-4H3,(H2,14,16,17). The Labute approximate surface area is 113 Å². The summed E-state index contributed by atoms with van der Waals surface area (Å²) in [5, 5.41) is 5.10. The summed E-state index contributed by atoms with van der Waals surface area (Å²) in [6.07, 6.45) is -0.244. The molecule has 0 amide bonds. The average Bonchev–Trinajstić information content (AvgIpc) is 2.27. The van der Waals surface area contributed by atoms with Gasteiger partial charge in [0.1, 0.15) is 6.10 Å². The number of primary sulfonamides is 1. The molecule has 6 heteroatoms. The van der Waals surface area contributed by atoms with Crippen molar-refractivity contribution in [2.45, 2.75) is 38.7 Å². The van der Waals surface area contributed by atoms with Crippen LogP contribution in [-0.4, -0.2) is 20.5 Å². The van der Waals surface area contributed by atoms with Crippen molar-refractivity contribution in [2.24, 2.45) is 11.1 Å². The van der Waals surface area contributed by atoms with E-state index in [2.05, 4.69) is 0 Å². The Bertz CT molecular complexity index is 578. The van der Waals surface area contributed by atoms with Crippen LogP contribution in [-0.2, 0) is 14.8 Å². The zero-order chi connectivity index (χ0) is 14.8. The van der Waals surface area contributed by atoms with Crippen LogP contribution < -0.4 is 5.14 Å². The van der Waals surface area contributed by atoms with Crippen LogP contribution >= 0.6 is 0 Å². The highest BCUT2D eigenvalue weighted by molar-refractivity contribution is 7.89. The Morgan fingerprint density at radius 1 is 1.26 bits per heavy atom. The van der Waals surface area contributed by atoms with E-state index in [-0.39, 0.29) is 22.5 Å². The van der Waals surface area contributed by atoms with Gasteiger partial charge in [0.05, 0.1) is 10.5 Å². The maximum absolute atomic E-state index is 11.9. The smallest absolute Gasteiger partial charge is 0.338 e. The molecule has 0 bridgehead atoms. The van der Waals surface area contributed by atoms with Crippen molar-refractivity contribution in [1.29, 1.82) is 0 Å². The van der Waals surface area contributed by atoms with Crippen LogP contribution in [0.4, 0.5) is 0 Å². The fraction of sp³-hybridized carbons (Fsp3) is 0.462. The molecule has 1 atom stereocenters. The highest BCUT2D eigenvalue weighted by Crippen LogP contribution is 2.17. The van der Waals surface area contributed by atoms with Crippen LogP contribution in [0, 0.1) is 12.8 Å². The minimum atomic E-state index is -3.84. The highest BCUT2D eigenvalue weighted by atomic mass is 32.2. The molecule has 19 heavy (non-hydrogen) atoms. The van der Waals surface area contributed by atoms with Gasteiger partial charge in [-0.2, -0.15) is 0 Å². The van der Waals surface area contributed by atoms with Gasteiger partial charge in [0.25, 0.3) is 0 Å². The monoisotopic (exact) mass is 285 g/mol. The number of aryl methyl sites for hydroxylation is 1. The van der Waals surface area contributed by atoms with Crippen LogP contribution in [0.1, 0.15) is 36.7 Å². The first-order valence-electron chi connectivity index (χ1n) is 5.97. The Hall–Kier alpha value is -1.40. The molecule has 106 valence electrons. The molecule has 0 spiro atoms. The van der Waals surface area contributed by atoms with Crippen LogP contribution in [0.25, 0.3) is 0 Å². The molecule has 0 saturated carbocycles. The fourth-order valence-corrected chi connectivity index (χ4v) is 2.21. The maximum Gasteiger partial charge on any atom is 0.338 e. The van der Waals surface area contributed by atoms with Crippen molar-refractivity contribution in [2.75, 3.05) is 0 Å². The van der Waals surface area contributed by atoms with Crippen LogP contribution in [0.2, 0.25) is 0 Å². The van der Waals surface area contributed by atoms with Crippen molar-refractivity contribution >= 4 is 16.0 Å². The van der Waals surface area contributed by atoms with E-state index in [0.717, 1.165) is 0 Å². The second-order valence-corrected chi connectivity index (χ2v) is 6.41. The topological polar surface area (TPSA) is 86.5 Å². The number of benzene rings is 1. The zero-order valence-corrected chi connectivity index (χ0v) is 12.3. The first-order chi connectivity index (χ1) is 8.62. The highest BCUT2D eigenvalue weighted by Gasteiger charge is 2.18. The molecule has 0 fully saturated rings. The maximum atomic E-state index is 11.9. The molecule has 0 heterocycles. The SMILES string of the molecule is Cc1ccc(C(=O)OC(C)C(C)C)cc1S(N)(=O)=O. The van der Waals surface area contributed by atoms with Crippen LogP contribution in [0.3, 0.4) is 0 Å². The van der Waals surface area contributed by atoms with Gasteiger partial charge in [-0.25, -0.2) is 18.4 Å². The van der Waals surface area contributed by atoms with Crippen LogP contribution in [0.5, 0.6) is 0 Å². The number of carbonyl (C=O) groups is 1. The van der Waals surface area contributed by atoms with Gasteiger partial charge in [-0.15, -0.1) is 0 Å². The molecular weight excluding hydrogens is 266 g/mol. The molecule has 0 aliphatic rings. The molecule has 0 aliphatic heterocycles. The summed E-state index contributed by atoms with van der Waals surface area (Å²) >= 11 is 0. The summed E-state index contributed by atoms with van der Waals surface area (Å²) in [6, 6.07) is 4.32. The van der Waals surface area contributed by atoms with Gasteiger partial charge in [0.2, 0.25) is 10.0 Å². The largest absolute Gasteiger partial charge is 0.459 e. The molecule has 1 aromatic carbocycles. The van der Waals surface area contributed by atoms with E-state index in [0.29, 0.717) is 5.56 Å². The van der Waals surface area contributed by atoms with Crippen molar-refractivity contribution < 1.29 is 17.9 Å². The van der Waals surface area contributed by atoms with Gasteiger partial charge < -0.3 is 4.74 Å². The summed E-state index contributed by atoms with van der Waals surface area (Å²) < 4.78 is 28.0. The van der Waals surface area contributed by atoms with Gasteiger partial charge in [-0.3, -0.25) is 0 Å². The van der Waals surface area contributed by atoms with E-state index in [9.17, 15) is 13.2 Å². The molecule has 0 aromatic heterocycles. The minimum absolute atomic E-state index is 0.0563. The summed E-state index contributed by atoms with van der Waals surface area (Å²) in [7, 11) is -3.84. The zero-order valence-electron chi connectivity index (χ0n) is 11.5. The second-order valence-electron chi connectivity index (χ2n) is 4.88. The lowest BCUT2D eigenvalue weighted by Crippen LogP contribution is -2.21.